The summed E-state index contributed by atoms with van der Waals surface area (Å²) >= 11 is 0. The SMILES string of the molecule is CCC(C)c1ccc(OCc2ccc(C(=O)Nc3ccc(-c4ccccc4)cc3)o2)cc1. The Morgan fingerprint density at radius 3 is 2.25 bits per heavy atom. The van der Waals surface area contributed by atoms with Gasteiger partial charge in [-0.2, -0.15) is 0 Å². The van der Waals surface area contributed by atoms with Crippen LogP contribution < -0.4 is 10.1 Å². The van der Waals surface area contributed by atoms with E-state index in [-0.39, 0.29) is 18.3 Å². The second kappa shape index (κ2) is 10.0. The van der Waals surface area contributed by atoms with Crippen molar-refractivity contribution < 1.29 is 13.9 Å². The monoisotopic (exact) mass is 425 g/mol. The molecule has 1 unspecified atom stereocenters. The minimum Gasteiger partial charge on any atom is -0.486 e. The van der Waals surface area contributed by atoms with Gasteiger partial charge in [-0.15, -0.1) is 0 Å². The zero-order chi connectivity index (χ0) is 22.3. The molecule has 32 heavy (non-hydrogen) atoms. The molecule has 4 aromatic rings. The van der Waals surface area contributed by atoms with Gasteiger partial charge < -0.3 is 14.5 Å². The number of furan rings is 1. The predicted octanol–water partition coefficient (Wildman–Crippen LogP) is 7.29. The largest absolute Gasteiger partial charge is 0.486 e. The number of carbonyl (C=O) groups is 1. The summed E-state index contributed by atoms with van der Waals surface area (Å²) in [5, 5.41) is 2.87. The number of rotatable bonds is 8. The molecule has 0 aliphatic rings. The van der Waals surface area contributed by atoms with Gasteiger partial charge in [0.2, 0.25) is 0 Å². The summed E-state index contributed by atoms with van der Waals surface area (Å²) in [6.45, 7) is 4.66. The first-order chi connectivity index (χ1) is 15.6. The summed E-state index contributed by atoms with van der Waals surface area (Å²) in [7, 11) is 0. The van der Waals surface area contributed by atoms with E-state index >= 15 is 0 Å². The lowest BCUT2D eigenvalue weighted by Crippen LogP contribution is -2.10. The number of ether oxygens (including phenoxy) is 1. The van der Waals surface area contributed by atoms with Crippen molar-refractivity contribution in [2.45, 2.75) is 32.8 Å². The van der Waals surface area contributed by atoms with E-state index in [9.17, 15) is 4.79 Å². The molecule has 4 rings (SSSR count). The molecule has 0 saturated heterocycles. The molecule has 0 fully saturated rings. The van der Waals surface area contributed by atoms with Gasteiger partial charge in [-0.05, 0) is 65.4 Å². The van der Waals surface area contributed by atoms with Gasteiger partial charge in [-0.1, -0.05) is 68.4 Å². The summed E-state index contributed by atoms with van der Waals surface area (Å²) in [6, 6.07) is 29.4. The Morgan fingerprint density at radius 1 is 0.875 bits per heavy atom. The van der Waals surface area contributed by atoms with E-state index in [1.165, 1.54) is 5.56 Å². The Labute approximate surface area is 188 Å². The van der Waals surface area contributed by atoms with E-state index in [0.717, 1.165) is 23.3 Å². The van der Waals surface area contributed by atoms with Gasteiger partial charge in [0.05, 0.1) is 0 Å². The lowest BCUT2D eigenvalue weighted by Gasteiger charge is -2.10. The molecule has 0 aliphatic heterocycles. The van der Waals surface area contributed by atoms with Crippen LogP contribution in [0.25, 0.3) is 11.1 Å². The smallest absolute Gasteiger partial charge is 0.291 e. The van der Waals surface area contributed by atoms with Gasteiger partial charge in [-0.25, -0.2) is 0 Å². The summed E-state index contributed by atoms with van der Waals surface area (Å²) in [6.07, 6.45) is 1.11. The van der Waals surface area contributed by atoms with Crippen LogP contribution >= 0.6 is 0 Å². The van der Waals surface area contributed by atoms with E-state index in [1.807, 2.05) is 54.6 Å². The second-order valence-corrected chi connectivity index (χ2v) is 7.83. The molecule has 1 heterocycles. The molecule has 0 saturated carbocycles. The molecule has 0 spiro atoms. The average molecular weight is 426 g/mol. The van der Waals surface area contributed by atoms with Gasteiger partial charge in [0.1, 0.15) is 18.1 Å². The molecule has 1 aromatic heterocycles. The third kappa shape index (κ3) is 5.27. The maximum Gasteiger partial charge on any atom is 0.291 e. The number of benzene rings is 3. The molecule has 3 aromatic carbocycles. The quantitative estimate of drug-likeness (QED) is 0.322. The van der Waals surface area contributed by atoms with Crippen molar-refractivity contribution in [2.24, 2.45) is 0 Å². The van der Waals surface area contributed by atoms with Crippen molar-refractivity contribution in [1.82, 2.24) is 0 Å². The highest BCUT2D eigenvalue weighted by atomic mass is 16.5. The Balaban J connectivity index is 1.32. The molecular formula is C28H27NO3. The molecule has 1 atom stereocenters. The van der Waals surface area contributed by atoms with Crippen LogP contribution in [-0.2, 0) is 6.61 Å². The van der Waals surface area contributed by atoms with Crippen molar-refractivity contribution in [3.63, 3.8) is 0 Å². The van der Waals surface area contributed by atoms with E-state index in [4.69, 9.17) is 9.15 Å². The van der Waals surface area contributed by atoms with E-state index in [0.29, 0.717) is 17.4 Å². The van der Waals surface area contributed by atoms with Gasteiger partial charge in [0.25, 0.3) is 5.91 Å². The van der Waals surface area contributed by atoms with Crippen molar-refractivity contribution in [3.8, 4) is 16.9 Å². The van der Waals surface area contributed by atoms with Crippen LogP contribution in [-0.4, -0.2) is 5.91 Å². The van der Waals surface area contributed by atoms with Gasteiger partial charge in [0, 0.05) is 5.69 Å². The second-order valence-electron chi connectivity index (χ2n) is 7.83. The number of nitrogens with one attached hydrogen (secondary N) is 1. The van der Waals surface area contributed by atoms with Crippen molar-refractivity contribution in [1.29, 1.82) is 0 Å². The molecule has 0 aliphatic carbocycles. The number of hydrogen-bond acceptors (Lipinski definition) is 3. The fourth-order valence-electron chi connectivity index (χ4n) is 3.43. The third-order valence-electron chi connectivity index (χ3n) is 5.58. The van der Waals surface area contributed by atoms with Crippen LogP contribution in [0.1, 0.15) is 48.1 Å². The minimum atomic E-state index is -0.290. The highest BCUT2D eigenvalue weighted by Gasteiger charge is 2.12. The maximum atomic E-state index is 12.5. The van der Waals surface area contributed by atoms with Crippen LogP contribution in [0.4, 0.5) is 5.69 Å². The van der Waals surface area contributed by atoms with Crippen molar-refractivity contribution >= 4 is 11.6 Å². The third-order valence-corrected chi connectivity index (χ3v) is 5.58. The van der Waals surface area contributed by atoms with E-state index in [2.05, 4.69) is 43.4 Å². The highest BCUT2D eigenvalue weighted by Crippen LogP contribution is 2.23. The van der Waals surface area contributed by atoms with Crippen LogP contribution in [0.3, 0.4) is 0 Å². The topological polar surface area (TPSA) is 51.5 Å². The first kappa shape index (κ1) is 21.4. The molecule has 4 heteroatoms. The van der Waals surface area contributed by atoms with Crippen LogP contribution in [0, 0.1) is 0 Å². The van der Waals surface area contributed by atoms with Gasteiger partial charge in [-0.3, -0.25) is 4.79 Å². The fourth-order valence-corrected chi connectivity index (χ4v) is 3.43. The van der Waals surface area contributed by atoms with Gasteiger partial charge in [0.15, 0.2) is 5.76 Å². The fraction of sp³-hybridized carbons (Fsp3) is 0.179. The number of carbonyl (C=O) groups excluding carboxylic acids is 1. The van der Waals surface area contributed by atoms with Crippen LogP contribution in [0.5, 0.6) is 5.75 Å². The predicted molar refractivity (Wildman–Crippen MR) is 128 cm³/mol. The van der Waals surface area contributed by atoms with Crippen LogP contribution in [0.2, 0.25) is 0 Å². The standard InChI is InChI=1S/C28H27NO3/c1-3-20(2)21-11-15-25(16-12-21)31-19-26-17-18-27(32-26)28(30)29-24-13-9-23(10-14-24)22-7-5-4-6-8-22/h4-18,20H,3,19H2,1-2H3,(H,29,30). The summed E-state index contributed by atoms with van der Waals surface area (Å²) < 4.78 is 11.5. The number of amides is 1. The average Bonchev–Trinajstić information content (AvgIpc) is 3.33. The molecule has 4 nitrogen and oxygen atoms in total. The molecule has 0 bridgehead atoms. The number of anilines is 1. The lowest BCUT2D eigenvalue weighted by atomic mass is 9.99. The lowest BCUT2D eigenvalue weighted by molar-refractivity contribution is 0.0992. The number of hydrogen-bond donors (Lipinski definition) is 1. The summed E-state index contributed by atoms with van der Waals surface area (Å²) in [5.41, 5.74) is 4.24. The van der Waals surface area contributed by atoms with Gasteiger partial charge >= 0.3 is 0 Å². The summed E-state index contributed by atoms with van der Waals surface area (Å²) in [4.78, 5) is 12.5. The van der Waals surface area contributed by atoms with Crippen molar-refractivity contribution in [2.75, 3.05) is 5.32 Å². The Bertz CT molecular complexity index is 1150. The first-order valence-corrected chi connectivity index (χ1v) is 10.9. The van der Waals surface area contributed by atoms with E-state index < -0.39 is 0 Å². The molecule has 1 N–H and O–H groups in total. The minimum absolute atomic E-state index is 0.253. The van der Waals surface area contributed by atoms with Crippen LogP contribution in [0.15, 0.2) is 95.4 Å². The van der Waals surface area contributed by atoms with E-state index in [1.54, 1.807) is 12.1 Å². The molecule has 0 radical (unpaired) electrons. The first-order valence-electron chi connectivity index (χ1n) is 10.9. The Kier molecular flexibility index (Phi) is 6.71. The summed E-state index contributed by atoms with van der Waals surface area (Å²) in [5.74, 6) is 1.87. The maximum absolute atomic E-state index is 12.5. The normalized spacial score (nSPS) is 11.7. The Morgan fingerprint density at radius 2 is 1.56 bits per heavy atom. The molecule has 1 amide bonds. The highest BCUT2D eigenvalue weighted by molar-refractivity contribution is 6.02. The molecule has 162 valence electrons. The zero-order valence-electron chi connectivity index (χ0n) is 18.4. The van der Waals surface area contributed by atoms with Crippen molar-refractivity contribution in [3.05, 3.63) is 108 Å². The molecular weight excluding hydrogens is 398 g/mol. The Hall–Kier alpha value is -3.79. The zero-order valence-corrected chi connectivity index (χ0v) is 18.4.